The molecule has 0 aliphatic heterocycles. The van der Waals surface area contributed by atoms with Gasteiger partial charge in [0.1, 0.15) is 0 Å². The van der Waals surface area contributed by atoms with Crippen molar-refractivity contribution >= 4 is 28.4 Å². The Morgan fingerprint density at radius 1 is 1.24 bits per heavy atom. The molecule has 2 aromatic carbocycles. The summed E-state index contributed by atoms with van der Waals surface area (Å²) in [5.41, 5.74) is 1.56. The number of carbonyl (C=O) groups is 1. The van der Waals surface area contributed by atoms with Crippen LogP contribution in [0.5, 0.6) is 0 Å². The average molecular weight is 356 g/mol. The predicted molar refractivity (Wildman–Crippen MR) is 98.6 cm³/mol. The predicted octanol–water partition coefficient (Wildman–Crippen LogP) is 3.32. The van der Waals surface area contributed by atoms with Gasteiger partial charge in [-0.3, -0.25) is 14.3 Å². The molecule has 6 heteroatoms. The number of nitrogens with one attached hydrogen (secondary N) is 1. The van der Waals surface area contributed by atoms with Crippen LogP contribution < -0.4 is 10.7 Å². The van der Waals surface area contributed by atoms with E-state index in [1.807, 2.05) is 43.3 Å². The number of fused-ring (bicyclic) bond motifs is 1. The highest BCUT2D eigenvalue weighted by molar-refractivity contribution is 6.30. The van der Waals surface area contributed by atoms with Crippen LogP contribution in [0.25, 0.3) is 10.9 Å². The quantitative estimate of drug-likeness (QED) is 0.763. The molecule has 0 saturated heterocycles. The van der Waals surface area contributed by atoms with Crippen LogP contribution in [-0.4, -0.2) is 15.7 Å². The number of halogens is 1. The number of hydrogen-bond donors (Lipinski definition) is 1. The Morgan fingerprint density at radius 3 is 2.84 bits per heavy atom. The second-order valence-electron chi connectivity index (χ2n) is 5.84. The number of amides is 1. The van der Waals surface area contributed by atoms with Crippen LogP contribution in [0.2, 0.25) is 5.02 Å². The molecule has 0 radical (unpaired) electrons. The van der Waals surface area contributed by atoms with E-state index in [9.17, 15) is 9.59 Å². The van der Waals surface area contributed by atoms with Gasteiger partial charge in [0.25, 0.3) is 0 Å². The summed E-state index contributed by atoms with van der Waals surface area (Å²) >= 11 is 5.99. The number of carbonyl (C=O) groups excluding carboxylic acids is 1. The molecule has 0 bridgehead atoms. The third-order valence-corrected chi connectivity index (χ3v) is 4.27. The lowest BCUT2D eigenvalue weighted by atomic mass is 10.1. The largest absolute Gasteiger partial charge is 0.350 e. The monoisotopic (exact) mass is 355 g/mol. The second kappa shape index (κ2) is 7.49. The van der Waals surface area contributed by atoms with Crippen molar-refractivity contribution in [2.24, 2.45) is 0 Å². The minimum absolute atomic E-state index is 0.0861. The van der Waals surface area contributed by atoms with Crippen LogP contribution in [0, 0.1) is 0 Å². The fourth-order valence-corrected chi connectivity index (χ4v) is 2.92. The third-order valence-electron chi connectivity index (χ3n) is 4.04. The Balaban J connectivity index is 1.67. The molecule has 0 fully saturated rings. The molecule has 5 nitrogen and oxygen atoms in total. The Morgan fingerprint density at radius 2 is 2.04 bits per heavy atom. The lowest BCUT2D eigenvalue weighted by Crippen LogP contribution is -2.28. The van der Waals surface area contributed by atoms with Gasteiger partial charge in [-0.2, -0.15) is 5.10 Å². The van der Waals surface area contributed by atoms with Crippen LogP contribution in [-0.2, 0) is 11.3 Å². The first-order valence-corrected chi connectivity index (χ1v) is 8.42. The second-order valence-corrected chi connectivity index (χ2v) is 6.28. The zero-order valence-electron chi connectivity index (χ0n) is 13.8. The van der Waals surface area contributed by atoms with E-state index in [-0.39, 0.29) is 23.8 Å². The van der Waals surface area contributed by atoms with Gasteiger partial charge in [-0.15, -0.1) is 0 Å². The molecular weight excluding hydrogens is 338 g/mol. The van der Waals surface area contributed by atoms with Crippen molar-refractivity contribution in [3.8, 4) is 0 Å². The number of rotatable bonds is 5. The molecule has 128 valence electrons. The lowest BCUT2D eigenvalue weighted by Gasteiger charge is -2.15. The highest BCUT2D eigenvalue weighted by Gasteiger charge is 2.11. The van der Waals surface area contributed by atoms with Crippen LogP contribution in [0.1, 0.15) is 24.9 Å². The Labute approximate surface area is 150 Å². The number of aryl methyl sites for hydroxylation is 1. The number of benzene rings is 2. The van der Waals surface area contributed by atoms with Crippen LogP contribution >= 0.6 is 11.6 Å². The summed E-state index contributed by atoms with van der Waals surface area (Å²) in [6.07, 6.45) is 1.56. The van der Waals surface area contributed by atoms with Crippen LogP contribution in [0.15, 0.2) is 59.5 Å². The standard InChI is InChI=1S/C19H18ClN3O2/c1-13(14-5-4-6-15(20)11-14)22-19(25)9-10-23-17-8-3-2-7-16(17)18(24)12-21-23/h2-8,11-13H,9-10H2,1H3,(H,22,25)/t13-/m1/s1. The Bertz CT molecular complexity index is 968. The van der Waals surface area contributed by atoms with Crippen molar-refractivity contribution in [3.05, 3.63) is 75.5 Å². The molecule has 1 heterocycles. The first kappa shape index (κ1) is 17.2. The van der Waals surface area contributed by atoms with Gasteiger partial charge in [0, 0.05) is 16.8 Å². The topological polar surface area (TPSA) is 64.0 Å². The lowest BCUT2D eigenvalue weighted by molar-refractivity contribution is -0.122. The summed E-state index contributed by atoms with van der Waals surface area (Å²) in [5.74, 6) is -0.0861. The molecule has 1 N–H and O–H groups in total. The molecule has 1 atom stereocenters. The summed E-state index contributed by atoms with van der Waals surface area (Å²) in [7, 11) is 0. The van der Waals surface area contributed by atoms with E-state index in [4.69, 9.17) is 11.6 Å². The molecule has 1 aromatic heterocycles. The van der Waals surface area contributed by atoms with Gasteiger partial charge >= 0.3 is 0 Å². The molecule has 25 heavy (non-hydrogen) atoms. The van der Waals surface area contributed by atoms with Crippen LogP contribution in [0.3, 0.4) is 0 Å². The van der Waals surface area contributed by atoms with E-state index >= 15 is 0 Å². The minimum atomic E-state index is -0.134. The number of aromatic nitrogens is 2. The fraction of sp³-hybridized carbons (Fsp3) is 0.211. The Kier molecular flexibility index (Phi) is 5.14. The van der Waals surface area contributed by atoms with Crippen molar-refractivity contribution in [1.29, 1.82) is 0 Å². The number of nitrogens with zero attached hydrogens (tertiary/aromatic N) is 2. The minimum Gasteiger partial charge on any atom is -0.350 e. The first-order chi connectivity index (χ1) is 12.0. The van der Waals surface area contributed by atoms with Crippen molar-refractivity contribution in [3.63, 3.8) is 0 Å². The highest BCUT2D eigenvalue weighted by Crippen LogP contribution is 2.17. The summed E-state index contributed by atoms with van der Waals surface area (Å²) in [4.78, 5) is 24.1. The molecule has 0 unspecified atom stereocenters. The van der Waals surface area contributed by atoms with Crippen molar-refractivity contribution in [2.45, 2.75) is 25.9 Å². The Hall–Kier alpha value is -2.66. The van der Waals surface area contributed by atoms with Gasteiger partial charge < -0.3 is 5.32 Å². The molecule has 3 rings (SSSR count). The van der Waals surface area contributed by atoms with Crippen molar-refractivity contribution in [2.75, 3.05) is 0 Å². The maximum absolute atomic E-state index is 12.2. The number of para-hydroxylation sites is 1. The van der Waals surface area contributed by atoms with Gasteiger partial charge in [0.15, 0.2) is 0 Å². The van der Waals surface area contributed by atoms with E-state index in [2.05, 4.69) is 10.4 Å². The van der Waals surface area contributed by atoms with Gasteiger partial charge in [0.2, 0.25) is 11.3 Å². The van der Waals surface area contributed by atoms with Crippen LogP contribution in [0.4, 0.5) is 0 Å². The van der Waals surface area contributed by atoms with Crippen molar-refractivity contribution < 1.29 is 4.79 Å². The van der Waals surface area contributed by atoms with E-state index in [0.717, 1.165) is 11.1 Å². The van der Waals surface area contributed by atoms with E-state index < -0.39 is 0 Å². The molecular formula is C19H18ClN3O2. The third kappa shape index (κ3) is 4.06. The van der Waals surface area contributed by atoms with E-state index in [0.29, 0.717) is 17.0 Å². The molecule has 0 spiro atoms. The molecule has 0 aliphatic rings. The smallest absolute Gasteiger partial charge is 0.222 e. The normalized spacial score (nSPS) is 12.1. The first-order valence-electron chi connectivity index (χ1n) is 8.04. The maximum Gasteiger partial charge on any atom is 0.222 e. The summed E-state index contributed by atoms with van der Waals surface area (Å²) in [6, 6.07) is 14.5. The highest BCUT2D eigenvalue weighted by atomic mass is 35.5. The van der Waals surface area contributed by atoms with Gasteiger partial charge in [-0.1, -0.05) is 35.9 Å². The summed E-state index contributed by atoms with van der Waals surface area (Å²) < 4.78 is 1.68. The van der Waals surface area contributed by atoms with Gasteiger partial charge in [0.05, 0.1) is 24.3 Å². The summed E-state index contributed by atoms with van der Waals surface area (Å²) in [5, 5.41) is 8.33. The molecule has 3 aromatic rings. The maximum atomic E-state index is 12.2. The SMILES string of the molecule is C[C@@H](NC(=O)CCn1ncc(=O)c2ccccc21)c1cccc(Cl)c1. The van der Waals surface area contributed by atoms with Gasteiger partial charge in [-0.25, -0.2) is 0 Å². The number of hydrogen-bond acceptors (Lipinski definition) is 3. The summed E-state index contributed by atoms with van der Waals surface area (Å²) in [6.45, 7) is 2.31. The fourth-order valence-electron chi connectivity index (χ4n) is 2.72. The van der Waals surface area contributed by atoms with E-state index in [1.165, 1.54) is 6.20 Å². The van der Waals surface area contributed by atoms with E-state index in [1.54, 1.807) is 16.8 Å². The van der Waals surface area contributed by atoms with Crippen molar-refractivity contribution in [1.82, 2.24) is 15.1 Å². The van der Waals surface area contributed by atoms with Gasteiger partial charge in [-0.05, 0) is 36.8 Å². The molecule has 1 amide bonds. The zero-order valence-corrected chi connectivity index (χ0v) is 14.5. The molecule has 0 saturated carbocycles. The zero-order chi connectivity index (χ0) is 17.8. The average Bonchev–Trinajstić information content (AvgIpc) is 2.61. The molecule has 0 aliphatic carbocycles.